The maximum Gasteiger partial charge on any atom is 0.321 e. The summed E-state index contributed by atoms with van der Waals surface area (Å²) in [4.78, 5) is 24.7. The first kappa shape index (κ1) is 16.2. The number of hydrogen-bond donors (Lipinski definition) is 2. The number of amides is 3. The summed E-state index contributed by atoms with van der Waals surface area (Å²) >= 11 is 5.80. The Bertz CT molecular complexity index is 474. The Balaban J connectivity index is 2.35. The minimum absolute atomic E-state index is 0.129. The van der Waals surface area contributed by atoms with Gasteiger partial charge in [0.15, 0.2) is 0 Å². The predicted molar refractivity (Wildman–Crippen MR) is 79.5 cm³/mol. The zero-order valence-electron chi connectivity index (χ0n) is 11.4. The van der Waals surface area contributed by atoms with Gasteiger partial charge >= 0.3 is 6.03 Å². The quantitative estimate of drug-likeness (QED) is 0.787. The van der Waals surface area contributed by atoms with E-state index in [0.29, 0.717) is 18.1 Å². The van der Waals surface area contributed by atoms with Crippen LogP contribution in [0.25, 0.3) is 0 Å². The second kappa shape index (κ2) is 8.35. The van der Waals surface area contributed by atoms with Gasteiger partial charge in [0.1, 0.15) is 0 Å². The van der Waals surface area contributed by atoms with E-state index in [0.717, 1.165) is 5.56 Å². The average molecular weight is 296 g/mol. The first-order valence-electron chi connectivity index (χ1n) is 6.13. The smallest absolute Gasteiger partial charge is 0.321 e. The molecule has 1 rings (SSSR count). The fourth-order valence-electron chi connectivity index (χ4n) is 1.58. The number of urea groups is 1. The molecule has 0 spiro atoms. The average Bonchev–Trinajstić information content (AvgIpc) is 2.38. The van der Waals surface area contributed by atoms with Crippen LogP contribution in [0.15, 0.2) is 36.9 Å². The van der Waals surface area contributed by atoms with Gasteiger partial charge in [-0.05, 0) is 24.7 Å². The van der Waals surface area contributed by atoms with Gasteiger partial charge in [0, 0.05) is 18.1 Å². The summed E-state index contributed by atoms with van der Waals surface area (Å²) in [5.74, 6) is -0.358. The predicted octanol–water partition coefficient (Wildman–Crippen LogP) is 1.78. The number of carbonyl (C=O) groups excluding carboxylic acids is 2. The van der Waals surface area contributed by atoms with Crippen molar-refractivity contribution >= 4 is 23.5 Å². The number of rotatable bonds is 6. The minimum atomic E-state index is -0.519. The number of hydrogen-bond acceptors (Lipinski definition) is 3. The molecule has 0 aliphatic rings. The van der Waals surface area contributed by atoms with Crippen molar-refractivity contribution in [1.82, 2.24) is 15.5 Å². The molecule has 0 saturated carbocycles. The van der Waals surface area contributed by atoms with Crippen molar-refractivity contribution < 1.29 is 9.59 Å². The summed E-state index contributed by atoms with van der Waals surface area (Å²) in [6, 6.07) is 6.87. The van der Waals surface area contributed by atoms with Crippen molar-refractivity contribution in [3.05, 3.63) is 47.5 Å². The van der Waals surface area contributed by atoms with Crippen LogP contribution >= 0.6 is 11.6 Å². The summed E-state index contributed by atoms with van der Waals surface area (Å²) in [6.45, 7) is 4.51. The molecule has 0 bridgehead atoms. The number of nitrogens with zero attached hydrogens (tertiary/aromatic N) is 1. The topological polar surface area (TPSA) is 61.4 Å². The Morgan fingerprint density at radius 1 is 1.35 bits per heavy atom. The number of likely N-dealkylation sites (N-methyl/N-ethyl adjacent to an activating group) is 1. The highest BCUT2D eigenvalue weighted by atomic mass is 35.5. The van der Waals surface area contributed by atoms with Crippen molar-refractivity contribution in [2.75, 3.05) is 20.1 Å². The minimum Gasteiger partial charge on any atom is -0.334 e. The molecule has 6 heteroatoms. The lowest BCUT2D eigenvalue weighted by Crippen LogP contribution is -2.43. The van der Waals surface area contributed by atoms with Crippen LogP contribution in [0.3, 0.4) is 0 Å². The molecule has 0 heterocycles. The highest BCUT2D eigenvalue weighted by Gasteiger charge is 2.10. The first-order valence-corrected chi connectivity index (χ1v) is 6.50. The van der Waals surface area contributed by atoms with E-state index in [1.165, 1.54) is 6.08 Å². The van der Waals surface area contributed by atoms with Gasteiger partial charge in [-0.25, -0.2) is 4.79 Å². The molecule has 2 N–H and O–H groups in total. The van der Waals surface area contributed by atoms with Gasteiger partial charge in [-0.15, -0.1) is 6.58 Å². The number of carbonyl (C=O) groups is 2. The van der Waals surface area contributed by atoms with Crippen LogP contribution in [-0.2, 0) is 11.3 Å². The van der Waals surface area contributed by atoms with Crippen molar-refractivity contribution in [2.24, 2.45) is 0 Å². The zero-order chi connectivity index (χ0) is 15.0. The van der Waals surface area contributed by atoms with Gasteiger partial charge < -0.3 is 5.32 Å². The van der Waals surface area contributed by atoms with E-state index in [9.17, 15) is 9.59 Å². The lowest BCUT2D eigenvalue weighted by atomic mass is 10.2. The maximum absolute atomic E-state index is 11.6. The summed E-state index contributed by atoms with van der Waals surface area (Å²) < 4.78 is 0. The van der Waals surface area contributed by atoms with E-state index in [2.05, 4.69) is 17.2 Å². The molecular formula is C14H18ClN3O2. The van der Waals surface area contributed by atoms with Crippen LogP contribution in [0.1, 0.15) is 5.56 Å². The van der Waals surface area contributed by atoms with Gasteiger partial charge in [-0.2, -0.15) is 0 Å². The molecule has 20 heavy (non-hydrogen) atoms. The third kappa shape index (κ3) is 6.36. The van der Waals surface area contributed by atoms with Crippen LogP contribution in [0.5, 0.6) is 0 Å². The summed E-state index contributed by atoms with van der Waals surface area (Å²) in [6.07, 6.45) is 1.54. The Hall–Kier alpha value is -1.85. The molecule has 0 radical (unpaired) electrons. The van der Waals surface area contributed by atoms with E-state index in [1.54, 1.807) is 24.1 Å². The monoisotopic (exact) mass is 295 g/mol. The number of halogens is 1. The Labute approximate surface area is 123 Å². The lowest BCUT2D eigenvalue weighted by Gasteiger charge is -2.16. The second-order valence-corrected chi connectivity index (χ2v) is 4.78. The molecule has 1 aromatic rings. The van der Waals surface area contributed by atoms with Crippen LogP contribution in [-0.4, -0.2) is 37.0 Å². The number of nitrogens with one attached hydrogen (secondary N) is 2. The molecule has 0 saturated heterocycles. The van der Waals surface area contributed by atoms with Gasteiger partial charge in [-0.1, -0.05) is 29.8 Å². The Morgan fingerprint density at radius 3 is 2.60 bits per heavy atom. The van der Waals surface area contributed by atoms with Crippen LogP contribution in [0.4, 0.5) is 4.79 Å². The maximum atomic E-state index is 11.6. The molecule has 108 valence electrons. The van der Waals surface area contributed by atoms with Crippen LogP contribution in [0, 0.1) is 0 Å². The summed E-state index contributed by atoms with van der Waals surface area (Å²) in [7, 11) is 1.80. The van der Waals surface area contributed by atoms with Gasteiger partial charge in [0.05, 0.1) is 6.54 Å². The molecular weight excluding hydrogens is 278 g/mol. The highest BCUT2D eigenvalue weighted by molar-refractivity contribution is 6.30. The van der Waals surface area contributed by atoms with E-state index >= 15 is 0 Å². The van der Waals surface area contributed by atoms with E-state index < -0.39 is 6.03 Å². The van der Waals surface area contributed by atoms with Crippen molar-refractivity contribution in [3.8, 4) is 0 Å². The standard InChI is InChI=1S/C14H18ClN3O2/c1-3-8-16-14(20)17-13(19)10-18(2)9-11-4-6-12(15)7-5-11/h3-7H,1,8-10H2,2H3,(H2,16,17,19,20). The lowest BCUT2D eigenvalue weighted by molar-refractivity contribution is -0.120. The van der Waals surface area contributed by atoms with Crippen LogP contribution in [0.2, 0.25) is 5.02 Å². The molecule has 0 aliphatic heterocycles. The number of imide groups is 1. The van der Waals surface area contributed by atoms with E-state index in [-0.39, 0.29) is 12.5 Å². The molecule has 0 unspecified atom stereocenters. The van der Waals surface area contributed by atoms with E-state index in [1.807, 2.05) is 12.1 Å². The SMILES string of the molecule is C=CCNC(=O)NC(=O)CN(C)Cc1ccc(Cl)cc1. The summed E-state index contributed by atoms with van der Waals surface area (Å²) in [5.41, 5.74) is 1.04. The molecule has 0 fully saturated rings. The first-order chi connectivity index (χ1) is 9.51. The van der Waals surface area contributed by atoms with Gasteiger partial charge in [0.2, 0.25) is 5.91 Å². The molecule has 0 aromatic heterocycles. The molecule has 0 aliphatic carbocycles. The highest BCUT2D eigenvalue weighted by Crippen LogP contribution is 2.10. The molecule has 0 atom stereocenters. The zero-order valence-corrected chi connectivity index (χ0v) is 12.1. The fraction of sp³-hybridized carbons (Fsp3) is 0.286. The van der Waals surface area contributed by atoms with Gasteiger partial charge in [0.25, 0.3) is 0 Å². The Kier molecular flexibility index (Phi) is 6.76. The molecule has 3 amide bonds. The van der Waals surface area contributed by atoms with Crippen molar-refractivity contribution in [2.45, 2.75) is 6.54 Å². The molecule has 5 nitrogen and oxygen atoms in total. The summed E-state index contributed by atoms with van der Waals surface area (Å²) in [5, 5.41) is 5.39. The van der Waals surface area contributed by atoms with Crippen molar-refractivity contribution in [1.29, 1.82) is 0 Å². The van der Waals surface area contributed by atoms with Crippen molar-refractivity contribution in [3.63, 3.8) is 0 Å². The van der Waals surface area contributed by atoms with E-state index in [4.69, 9.17) is 11.6 Å². The third-order valence-corrected chi connectivity index (χ3v) is 2.69. The third-order valence-electron chi connectivity index (χ3n) is 2.44. The van der Waals surface area contributed by atoms with Crippen LogP contribution < -0.4 is 10.6 Å². The Morgan fingerprint density at radius 2 is 2.00 bits per heavy atom. The largest absolute Gasteiger partial charge is 0.334 e. The second-order valence-electron chi connectivity index (χ2n) is 4.35. The fourth-order valence-corrected chi connectivity index (χ4v) is 1.70. The number of benzene rings is 1. The molecule has 1 aromatic carbocycles. The normalized spacial score (nSPS) is 10.2. The van der Waals surface area contributed by atoms with Gasteiger partial charge in [-0.3, -0.25) is 15.0 Å².